The van der Waals surface area contributed by atoms with Crippen LogP contribution < -0.4 is 5.32 Å². The Morgan fingerprint density at radius 3 is 2.53 bits per heavy atom. The normalized spacial score (nSPS) is 16.1. The van der Waals surface area contributed by atoms with Gasteiger partial charge in [0.15, 0.2) is 0 Å². The zero-order chi connectivity index (χ0) is 12.4. The van der Waals surface area contributed by atoms with Crippen LogP contribution in [0.4, 0.5) is 0 Å². The Bertz CT molecular complexity index is 364. The first kappa shape index (κ1) is 13.0. The number of nitrogens with zero attached hydrogens (tertiary/aromatic N) is 1. The molecule has 0 amide bonds. The zero-order valence-electron chi connectivity index (χ0n) is 11.4. The van der Waals surface area contributed by atoms with Gasteiger partial charge in [0.05, 0.1) is 5.69 Å². The summed E-state index contributed by atoms with van der Waals surface area (Å²) < 4.78 is 0. The van der Waals surface area contributed by atoms with E-state index in [1.54, 1.807) is 0 Å². The van der Waals surface area contributed by atoms with E-state index in [0.29, 0.717) is 11.8 Å². The molecule has 0 aliphatic heterocycles. The number of hydrogen-bond acceptors (Lipinski definition) is 3. The standard InChI is InChI=1S/C14H24N2S/c1-9(2)7-12-14(10(3)4)17-13(16-12)8-15-11-5-6-11/h9-11,15H,5-8H2,1-4H3. The lowest BCUT2D eigenvalue weighted by atomic mass is 10.0. The first-order chi connectivity index (χ1) is 8.06. The molecule has 0 spiro atoms. The fraction of sp³-hybridized carbons (Fsp3) is 0.786. The average molecular weight is 252 g/mol. The summed E-state index contributed by atoms with van der Waals surface area (Å²) in [6.07, 6.45) is 3.82. The van der Waals surface area contributed by atoms with Crippen molar-refractivity contribution in [3.63, 3.8) is 0 Å². The Morgan fingerprint density at radius 2 is 2.00 bits per heavy atom. The Hall–Kier alpha value is -0.410. The summed E-state index contributed by atoms with van der Waals surface area (Å²) in [5.74, 6) is 1.30. The summed E-state index contributed by atoms with van der Waals surface area (Å²) in [7, 11) is 0. The fourth-order valence-electron chi connectivity index (χ4n) is 1.99. The van der Waals surface area contributed by atoms with E-state index in [1.165, 1.54) is 28.4 Å². The van der Waals surface area contributed by atoms with Crippen LogP contribution in [-0.2, 0) is 13.0 Å². The van der Waals surface area contributed by atoms with Crippen molar-refractivity contribution in [2.75, 3.05) is 0 Å². The molecular weight excluding hydrogens is 228 g/mol. The molecule has 2 nitrogen and oxygen atoms in total. The van der Waals surface area contributed by atoms with Gasteiger partial charge in [-0.05, 0) is 31.1 Å². The molecule has 0 atom stereocenters. The van der Waals surface area contributed by atoms with Crippen molar-refractivity contribution in [1.82, 2.24) is 10.3 Å². The Labute approximate surface area is 109 Å². The molecule has 1 fully saturated rings. The van der Waals surface area contributed by atoms with E-state index in [1.807, 2.05) is 11.3 Å². The van der Waals surface area contributed by atoms with Crippen molar-refractivity contribution in [3.8, 4) is 0 Å². The maximum Gasteiger partial charge on any atom is 0.107 e. The molecule has 0 radical (unpaired) electrons. The quantitative estimate of drug-likeness (QED) is 0.834. The number of nitrogens with one attached hydrogen (secondary N) is 1. The molecule has 1 aromatic rings. The van der Waals surface area contributed by atoms with Crippen molar-refractivity contribution in [2.24, 2.45) is 5.92 Å². The van der Waals surface area contributed by atoms with Crippen LogP contribution in [0, 0.1) is 5.92 Å². The maximum atomic E-state index is 4.83. The minimum atomic E-state index is 0.607. The van der Waals surface area contributed by atoms with Gasteiger partial charge in [0.2, 0.25) is 0 Å². The molecule has 2 rings (SSSR count). The van der Waals surface area contributed by atoms with Gasteiger partial charge >= 0.3 is 0 Å². The third-order valence-electron chi connectivity index (χ3n) is 3.02. The molecule has 17 heavy (non-hydrogen) atoms. The summed E-state index contributed by atoms with van der Waals surface area (Å²) in [5, 5.41) is 4.83. The summed E-state index contributed by atoms with van der Waals surface area (Å²) in [6.45, 7) is 10.1. The van der Waals surface area contributed by atoms with Gasteiger partial charge in [0, 0.05) is 17.5 Å². The highest BCUT2D eigenvalue weighted by Gasteiger charge is 2.21. The number of rotatable bonds is 6. The van der Waals surface area contributed by atoms with Crippen LogP contribution in [0.5, 0.6) is 0 Å². The molecule has 0 saturated heterocycles. The molecule has 1 N–H and O–H groups in total. The van der Waals surface area contributed by atoms with Gasteiger partial charge in [0.25, 0.3) is 0 Å². The molecule has 1 aliphatic rings. The van der Waals surface area contributed by atoms with E-state index in [2.05, 4.69) is 33.0 Å². The lowest BCUT2D eigenvalue weighted by Gasteiger charge is -2.06. The second kappa shape index (κ2) is 5.49. The van der Waals surface area contributed by atoms with Crippen LogP contribution in [0.2, 0.25) is 0 Å². The Morgan fingerprint density at radius 1 is 1.29 bits per heavy atom. The third-order valence-corrected chi connectivity index (χ3v) is 4.42. The van der Waals surface area contributed by atoms with Gasteiger partial charge in [-0.1, -0.05) is 27.7 Å². The van der Waals surface area contributed by atoms with Crippen molar-refractivity contribution in [3.05, 3.63) is 15.6 Å². The largest absolute Gasteiger partial charge is 0.308 e. The third kappa shape index (κ3) is 3.78. The van der Waals surface area contributed by atoms with Crippen LogP contribution in [0.3, 0.4) is 0 Å². The molecule has 1 aliphatic carbocycles. The van der Waals surface area contributed by atoms with Crippen LogP contribution in [0.1, 0.15) is 62.0 Å². The predicted octanol–water partition coefficient (Wildman–Crippen LogP) is 3.72. The van der Waals surface area contributed by atoms with Crippen molar-refractivity contribution in [2.45, 2.75) is 65.5 Å². The van der Waals surface area contributed by atoms with Crippen molar-refractivity contribution >= 4 is 11.3 Å². The summed E-state index contributed by atoms with van der Waals surface area (Å²) >= 11 is 1.91. The molecule has 1 saturated carbocycles. The fourth-order valence-corrected chi connectivity index (χ4v) is 3.04. The minimum Gasteiger partial charge on any atom is -0.308 e. The molecule has 0 aromatic carbocycles. The van der Waals surface area contributed by atoms with Gasteiger partial charge in [-0.2, -0.15) is 0 Å². The van der Waals surface area contributed by atoms with Crippen LogP contribution >= 0.6 is 11.3 Å². The van der Waals surface area contributed by atoms with E-state index in [-0.39, 0.29) is 0 Å². The Kier molecular flexibility index (Phi) is 4.21. The number of aromatic nitrogens is 1. The van der Waals surface area contributed by atoms with E-state index >= 15 is 0 Å². The molecular formula is C14H24N2S. The van der Waals surface area contributed by atoms with Gasteiger partial charge in [0.1, 0.15) is 5.01 Å². The zero-order valence-corrected chi connectivity index (χ0v) is 12.2. The van der Waals surface area contributed by atoms with E-state index in [4.69, 9.17) is 4.98 Å². The predicted molar refractivity (Wildman–Crippen MR) is 74.6 cm³/mol. The minimum absolute atomic E-state index is 0.607. The topological polar surface area (TPSA) is 24.9 Å². The average Bonchev–Trinajstić information content (AvgIpc) is 2.97. The smallest absolute Gasteiger partial charge is 0.107 e. The molecule has 1 heterocycles. The molecule has 1 aromatic heterocycles. The second-order valence-electron chi connectivity index (χ2n) is 5.83. The van der Waals surface area contributed by atoms with Crippen LogP contribution in [0.15, 0.2) is 0 Å². The Balaban J connectivity index is 2.05. The lowest BCUT2D eigenvalue weighted by molar-refractivity contribution is 0.624. The van der Waals surface area contributed by atoms with Crippen LogP contribution in [0.25, 0.3) is 0 Å². The first-order valence-corrected chi connectivity index (χ1v) is 7.59. The lowest BCUT2D eigenvalue weighted by Crippen LogP contribution is -2.15. The second-order valence-corrected chi connectivity index (χ2v) is 6.94. The van der Waals surface area contributed by atoms with E-state index < -0.39 is 0 Å². The highest BCUT2D eigenvalue weighted by Crippen LogP contribution is 2.29. The first-order valence-electron chi connectivity index (χ1n) is 6.78. The van der Waals surface area contributed by atoms with Gasteiger partial charge in [-0.25, -0.2) is 4.98 Å². The molecule has 96 valence electrons. The van der Waals surface area contributed by atoms with Crippen molar-refractivity contribution < 1.29 is 0 Å². The number of thiazole rings is 1. The highest BCUT2D eigenvalue weighted by molar-refractivity contribution is 7.11. The van der Waals surface area contributed by atoms with Crippen LogP contribution in [-0.4, -0.2) is 11.0 Å². The monoisotopic (exact) mass is 252 g/mol. The highest BCUT2D eigenvalue weighted by atomic mass is 32.1. The number of hydrogen-bond donors (Lipinski definition) is 1. The SMILES string of the molecule is CC(C)Cc1nc(CNC2CC2)sc1C(C)C. The summed E-state index contributed by atoms with van der Waals surface area (Å²) in [4.78, 5) is 6.32. The van der Waals surface area contributed by atoms with Gasteiger partial charge in [-0.15, -0.1) is 11.3 Å². The van der Waals surface area contributed by atoms with E-state index in [9.17, 15) is 0 Å². The van der Waals surface area contributed by atoms with Gasteiger partial charge in [-0.3, -0.25) is 0 Å². The van der Waals surface area contributed by atoms with Crippen molar-refractivity contribution in [1.29, 1.82) is 0 Å². The molecule has 0 unspecified atom stereocenters. The van der Waals surface area contributed by atoms with E-state index in [0.717, 1.165) is 19.0 Å². The summed E-state index contributed by atoms with van der Waals surface area (Å²) in [6, 6.07) is 0.773. The molecule has 0 bridgehead atoms. The maximum absolute atomic E-state index is 4.83. The summed E-state index contributed by atoms with van der Waals surface area (Å²) in [5.41, 5.74) is 1.34. The van der Waals surface area contributed by atoms with Gasteiger partial charge < -0.3 is 5.32 Å². The molecule has 3 heteroatoms.